The molecular weight excluding hydrogens is 178 g/mol. The molecule has 0 aliphatic heterocycles. The predicted octanol–water partition coefficient (Wildman–Crippen LogP) is 1.48. The molecule has 1 aromatic heterocycles. The van der Waals surface area contributed by atoms with E-state index in [4.69, 9.17) is 5.73 Å². The highest BCUT2D eigenvalue weighted by Crippen LogP contribution is 2.06. The first-order valence-corrected chi connectivity index (χ1v) is 5.22. The fourth-order valence-corrected chi connectivity index (χ4v) is 1.14. The third-order valence-corrected chi connectivity index (χ3v) is 1.96. The SMILES string of the molecule is CCCCn1nc(NCCC)nc1N. The second kappa shape index (κ2) is 5.47. The first-order valence-electron chi connectivity index (χ1n) is 5.22. The smallest absolute Gasteiger partial charge is 0.243 e. The number of aryl methyl sites for hydroxylation is 1. The van der Waals surface area contributed by atoms with Crippen LogP contribution >= 0.6 is 0 Å². The maximum Gasteiger partial charge on any atom is 0.243 e. The predicted molar refractivity (Wildman–Crippen MR) is 58.1 cm³/mol. The Balaban J connectivity index is 2.53. The monoisotopic (exact) mass is 197 g/mol. The highest BCUT2D eigenvalue weighted by Gasteiger charge is 2.04. The zero-order valence-corrected chi connectivity index (χ0v) is 8.95. The maximum absolute atomic E-state index is 5.70. The summed E-state index contributed by atoms with van der Waals surface area (Å²) in [5.74, 6) is 1.14. The highest BCUT2D eigenvalue weighted by molar-refractivity contribution is 5.31. The molecule has 80 valence electrons. The van der Waals surface area contributed by atoms with E-state index in [1.54, 1.807) is 4.68 Å². The quantitative estimate of drug-likeness (QED) is 0.724. The van der Waals surface area contributed by atoms with Crippen LogP contribution in [0.3, 0.4) is 0 Å². The molecule has 1 aromatic rings. The summed E-state index contributed by atoms with van der Waals surface area (Å²) in [6.07, 6.45) is 3.28. The Kier molecular flexibility index (Phi) is 4.22. The van der Waals surface area contributed by atoms with Crippen molar-refractivity contribution in [1.82, 2.24) is 14.8 Å². The Morgan fingerprint density at radius 3 is 2.79 bits per heavy atom. The molecule has 5 nitrogen and oxygen atoms in total. The second-order valence-electron chi connectivity index (χ2n) is 3.30. The zero-order valence-electron chi connectivity index (χ0n) is 8.95. The number of anilines is 2. The van der Waals surface area contributed by atoms with Gasteiger partial charge >= 0.3 is 0 Å². The number of nitrogens with zero attached hydrogens (tertiary/aromatic N) is 3. The molecular formula is C9H19N5. The van der Waals surface area contributed by atoms with Crippen LogP contribution in [-0.2, 0) is 6.54 Å². The minimum atomic E-state index is 0.497. The van der Waals surface area contributed by atoms with Gasteiger partial charge in [0.15, 0.2) is 0 Å². The Bertz CT molecular complexity index is 268. The molecule has 14 heavy (non-hydrogen) atoms. The van der Waals surface area contributed by atoms with E-state index in [-0.39, 0.29) is 0 Å². The van der Waals surface area contributed by atoms with E-state index in [2.05, 4.69) is 29.2 Å². The zero-order chi connectivity index (χ0) is 10.4. The fraction of sp³-hybridized carbons (Fsp3) is 0.778. The van der Waals surface area contributed by atoms with Crippen molar-refractivity contribution in [2.45, 2.75) is 39.7 Å². The summed E-state index contributed by atoms with van der Waals surface area (Å²) < 4.78 is 1.75. The van der Waals surface area contributed by atoms with Crippen molar-refractivity contribution in [2.75, 3.05) is 17.6 Å². The van der Waals surface area contributed by atoms with Gasteiger partial charge < -0.3 is 11.1 Å². The van der Waals surface area contributed by atoms with E-state index >= 15 is 0 Å². The number of nitrogens with one attached hydrogen (secondary N) is 1. The van der Waals surface area contributed by atoms with Crippen molar-refractivity contribution in [1.29, 1.82) is 0 Å². The molecule has 1 heterocycles. The largest absolute Gasteiger partial charge is 0.368 e. The number of aromatic nitrogens is 3. The van der Waals surface area contributed by atoms with Gasteiger partial charge in [0, 0.05) is 13.1 Å². The normalized spacial score (nSPS) is 10.4. The Labute approximate surface area is 84.7 Å². The summed E-state index contributed by atoms with van der Waals surface area (Å²) in [5, 5.41) is 7.36. The molecule has 0 unspecified atom stereocenters. The molecule has 0 radical (unpaired) electrons. The minimum absolute atomic E-state index is 0.497. The van der Waals surface area contributed by atoms with Crippen molar-refractivity contribution >= 4 is 11.9 Å². The molecule has 0 fully saturated rings. The van der Waals surface area contributed by atoms with Gasteiger partial charge in [-0.15, -0.1) is 5.10 Å². The molecule has 0 amide bonds. The molecule has 0 bridgehead atoms. The molecule has 1 rings (SSSR count). The number of hydrogen-bond donors (Lipinski definition) is 2. The van der Waals surface area contributed by atoms with E-state index in [0.29, 0.717) is 11.9 Å². The van der Waals surface area contributed by atoms with E-state index in [9.17, 15) is 0 Å². The average molecular weight is 197 g/mol. The maximum atomic E-state index is 5.70. The van der Waals surface area contributed by atoms with Gasteiger partial charge in [0.2, 0.25) is 11.9 Å². The van der Waals surface area contributed by atoms with Gasteiger partial charge in [0.25, 0.3) is 0 Å². The number of hydrogen-bond acceptors (Lipinski definition) is 4. The third-order valence-electron chi connectivity index (χ3n) is 1.96. The highest BCUT2D eigenvalue weighted by atomic mass is 15.4. The molecule has 0 atom stereocenters. The van der Waals surface area contributed by atoms with Crippen LogP contribution < -0.4 is 11.1 Å². The molecule has 0 aliphatic rings. The first kappa shape index (κ1) is 10.8. The van der Waals surface area contributed by atoms with Crippen molar-refractivity contribution in [3.63, 3.8) is 0 Å². The van der Waals surface area contributed by atoms with Crippen LogP contribution in [0.15, 0.2) is 0 Å². The van der Waals surface area contributed by atoms with Crippen LogP contribution in [0.2, 0.25) is 0 Å². The summed E-state index contributed by atoms with van der Waals surface area (Å²) in [7, 11) is 0. The average Bonchev–Trinajstić information content (AvgIpc) is 2.53. The molecule has 0 saturated heterocycles. The van der Waals surface area contributed by atoms with Crippen LogP contribution in [0.1, 0.15) is 33.1 Å². The third kappa shape index (κ3) is 2.90. The molecule has 0 saturated carbocycles. The van der Waals surface area contributed by atoms with Gasteiger partial charge in [0.05, 0.1) is 0 Å². The summed E-state index contributed by atoms with van der Waals surface area (Å²) in [5.41, 5.74) is 5.70. The van der Waals surface area contributed by atoms with E-state index < -0.39 is 0 Å². The molecule has 0 spiro atoms. The van der Waals surface area contributed by atoms with E-state index in [0.717, 1.165) is 32.4 Å². The van der Waals surface area contributed by atoms with Gasteiger partial charge in [-0.1, -0.05) is 20.3 Å². The van der Waals surface area contributed by atoms with Crippen LogP contribution in [0.5, 0.6) is 0 Å². The Morgan fingerprint density at radius 2 is 2.14 bits per heavy atom. The van der Waals surface area contributed by atoms with Crippen molar-refractivity contribution in [2.24, 2.45) is 0 Å². The molecule has 0 aliphatic carbocycles. The molecule has 5 heteroatoms. The van der Waals surface area contributed by atoms with Gasteiger partial charge in [-0.2, -0.15) is 4.98 Å². The van der Waals surface area contributed by atoms with Crippen LogP contribution in [-0.4, -0.2) is 21.3 Å². The van der Waals surface area contributed by atoms with Crippen LogP contribution in [0.4, 0.5) is 11.9 Å². The number of unbranched alkanes of at least 4 members (excludes halogenated alkanes) is 1. The van der Waals surface area contributed by atoms with Crippen LogP contribution in [0.25, 0.3) is 0 Å². The standard InChI is InChI=1S/C9H19N5/c1-3-5-7-14-8(10)12-9(13-14)11-6-4-2/h3-7H2,1-2H3,(H3,10,11,12,13). The van der Waals surface area contributed by atoms with E-state index in [1.807, 2.05) is 0 Å². The summed E-state index contributed by atoms with van der Waals surface area (Å²) in [6.45, 7) is 5.98. The van der Waals surface area contributed by atoms with E-state index in [1.165, 1.54) is 0 Å². The van der Waals surface area contributed by atoms with Crippen molar-refractivity contribution in [3.05, 3.63) is 0 Å². The van der Waals surface area contributed by atoms with Gasteiger partial charge in [0.1, 0.15) is 0 Å². The number of nitrogen functional groups attached to an aromatic ring is 1. The fourth-order valence-electron chi connectivity index (χ4n) is 1.14. The Morgan fingerprint density at radius 1 is 1.36 bits per heavy atom. The lowest BCUT2D eigenvalue weighted by Gasteiger charge is -1.99. The lowest BCUT2D eigenvalue weighted by molar-refractivity contribution is 0.579. The first-order chi connectivity index (χ1) is 6.77. The topological polar surface area (TPSA) is 68.8 Å². The number of rotatable bonds is 6. The van der Waals surface area contributed by atoms with Crippen LogP contribution in [0, 0.1) is 0 Å². The molecule has 0 aromatic carbocycles. The van der Waals surface area contributed by atoms with Gasteiger partial charge in [-0.3, -0.25) is 0 Å². The summed E-state index contributed by atoms with van der Waals surface area (Å²) in [4.78, 5) is 4.12. The summed E-state index contributed by atoms with van der Waals surface area (Å²) in [6, 6.07) is 0. The minimum Gasteiger partial charge on any atom is -0.368 e. The van der Waals surface area contributed by atoms with Gasteiger partial charge in [-0.05, 0) is 12.8 Å². The second-order valence-corrected chi connectivity index (χ2v) is 3.30. The number of nitrogens with two attached hydrogens (primary N) is 1. The Hall–Kier alpha value is -1.26. The van der Waals surface area contributed by atoms with Crippen molar-refractivity contribution in [3.8, 4) is 0 Å². The lowest BCUT2D eigenvalue weighted by Crippen LogP contribution is -2.05. The van der Waals surface area contributed by atoms with Gasteiger partial charge in [-0.25, -0.2) is 4.68 Å². The summed E-state index contributed by atoms with van der Waals surface area (Å²) >= 11 is 0. The van der Waals surface area contributed by atoms with Crippen molar-refractivity contribution < 1.29 is 0 Å². The lowest BCUT2D eigenvalue weighted by atomic mass is 10.3. The molecule has 3 N–H and O–H groups in total.